The van der Waals surface area contributed by atoms with Crippen molar-refractivity contribution in [3.05, 3.63) is 55.7 Å². The SMILES string of the molecule is Cc1c(C(=O)c2c(C3CC3)nc3ncc(F)cn23)cc(Br)c(O)c1Br. The van der Waals surface area contributed by atoms with Gasteiger partial charge in [-0.3, -0.25) is 9.20 Å². The van der Waals surface area contributed by atoms with E-state index in [0.717, 1.165) is 19.0 Å². The molecule has 4 rings (SSSR count). The molecular weight excluding hydrogens is 457 g/mol. The Morgan fingerprint density at radius 2 is 2.12 bits per heavy atom. The van der Waals surface area contributed by atoms with Crippen LogP contribution in [0.3, 0.4) is 0 Å². The standard InChI is InChI=1S/C17H12Br2FN3O2/c1-7-10(4-11(18)16(25)12(7)19)15(24)14-13(8-2-3-8)22-17-21-5-9(20)6-23(14)17/h4-6,8,25H,2-3H2,1H3. The van der Waals surface area contributed by atoms with Gasteiger partial charge in [0.2, 0.25) is 11.6 Å². The molecule has 0 radical (unpaired) electrons. The smallest absolute Gasteiger partial charge is 0.234 e. The lowest BCUT2D eigenvalue weighted by atomic mass is 10.00. The molecule has 2 aromatic heterocycles. The number of benzene rings is 1. The summed E-state index contributed by atoms with van der Waals surface area (Å²) in [5, 5.41) is 10.0. The van der Waals surface area contributed by atoms with Crippen LogP contribution in [-0.2, 0) is 0 Å². The van der Waals surface area contributed by atoms with Crippen molar-refractivity contribution < 1.29 is 14.3 Å². The van der Waals surface area contributed by atoms with Gasteiger partial charge in [0.25, 0.3) is 0 Å². The molecule has 0 bridgehead atoms. The Labute approximate surface area is 159 Å². The van der Waals surface area contributed by atoms with Crippen LogP contribution in [-0.4, -0.2) is 25.3 Å². The number of imidazole rings is 1. The second-order valence-electron chi connectivity index (χ2n) is 6.08. The van der Waals surface area contributed by atoms with Crippen molar-refractivity contribution in [2.75, 3.05) is 0 Å². The minimum Gasteiger partial charge on any atom is -0.506 e. The highest BCUT2D eigenvalue weighted by atomic mass is 79.9. The lowest BCUT2D eigenvalue weighted by Gasteiger charge is -2.11. The van der Waals surface area contributed by atoms with E-state index in [2.05, 4.69) is 41.8 Å². The summed E-state index contributed by atoms with van der Waals surface area (Å²) in [6.07, 6.45) is 4.23. The molecule has 0 amide bonds. The van der Waals surface area contributed by atoms with E-state index in [1.807, 2.05) is 0 Å². The minimum absolute atomic E-state index is 0.0299. The Morgan fingerprint density at radius 1 is 1.40 bits per heavy atom. The fourth-order valence-corrected chi connectivity index (χ4v) is 3.98. The Balaban J connectivity index is 1.97. The molecule has 1 aliphatic carbocycles. The van der Waals surface area contributed by atoms with E-state index in [-0.39, 0.29) is 17.5 Å². The van der Waals surface area contributed by atoms with Crippen LogP contribution in [0.25, 0.3) is 5.78 Å². The van der Waals surface area contributed by atoms with Crippen LogP contribution in [0.5, 0.6) is 5.75 Å². The third-order valence-electron chi connectivity index (χ3n) is 4.34. The average molecular weight is 469 g/mol. The van der Waals surface area contributed by atoms with Gasteiger partial charge in [0.1, 0.15) is 11.4 Å². The van der Waals surface area contributed by atoms with Gasteiger partial charge >= 0.3 is 0 Å². The van der Waals surface area contributed by atoms with Crippen LogP contribution in [0.15, 0.2) is 27.4 Å². The largest absolute Gasteiger partial charge is 0.506 e. The maximum Gasteiger partial charge on any atom is 0.234 e. The molecule has 1 N–H and O–H groups in total. The van der Waals surface area contributed by atoms with Crippen molar-refractivity contribution in [3.8, 4) is 5.75 Å². The number of phenolic OH excluding ortho intramolecular Hbond substituents is 1. The van der Waals surface area contributed by atoms with Crippen LogP contribution < -0.4 is 0 Å². The van der Waals surface area contributed by atoms with E-state index in [1.54, 1.807) is 13.0 Å². The maximum atomic E-state index is 13.7. The van der Waals surface area contributed by atoms with Crippen LogP contribution in [0.4, 0.5) is 4.39 Å². The van der Waals surface area contributed by atoms with Gasteiger partial charge in [0.05, 0.1) is 27.0 Å². The number of halogens is 3. The molecule has 0 atom stereocenters. The number of hydrogen-bond acceptors (Lipinski definition) is 4. The number of hydrogen-bond donors (Lipinski definition) is 1. The summed E-state index contributed by atoms with van der Waals surface area (Å²) in [5.74, 6) is -0.275. The molecule has 5 nitrogen and oxygen atoms in total. The van der Waals surface area contributed by atoms with E-state index >= 15 is 0 Å². The van der Waals surface area contributed by atoms with Crippen molar-refractivity contribution in [3.63, 3.8) is 0 Å². The molecule has 1 saturated carbocycles. The summed E-state index contributed by atoms with van der Waals surface area (Å²) < 4.78 is 16.0. The van der Waals surface area contributed by atoms with Gasteiger partial charge in [0, 0.05) is 11.5 Å². The summed E-state index contributed by atoms with van der Waals surface area (Å²) >= 11 is 6.56. The van der Waals surface area contributed by atoms with Gasteiger partial charge in [-0.15, -0.1) is 0 Å². The van der Waals surface area contributed by atoms with Gasteiger partial charge in [-0.05, 0) is 63.3 Å². The third kappa shape index (κ3) is 2.67. The van der Waals surface area contributed by atoms with Crippen molar-refractivity contribution in [1.29, 1.82) is 0 Å². The van der Waals surface area contributed by atoms with Gasteiger partial charge in [-0.2, -0.15) is 0 Å². The fourth-order valence-electron chi connectivity index (χ4n) is 2.86. The normalized spacial score (nSPS) is 14.2. The first-order valence-electron chi connectivity index (χ1n) is 7.64. The number of carbonyl (C=O) groups is 1. The monoisotopic (exact) mass is 467 g/mol. The minimum atomic E-state index is -0.536. The van der Waals surface area contributed by atoms with E-state index < -0.39 is 5.82 Å². The molecule has 2 heterocycles. The number of aromatic nitrogens is 3. The summed E-state index contributed by atoms with van der Waals surface area (Å²) in [6.45, 7) is 1.74. The number of aromatic hydroxyl groups is 1. The van der Waals surface area contributed by atoms with E-state index in [1.165, 1.54) is 10.6 Å². The average Bonchev–Trinajstić information content (AvgIpc) is 3.36. The Morgan fingerprint density at radius 3 is 2.80 bits per heavy atom. The highest BCUT2D eigenvalue weighted by Gasteiger charge is 2.34. The Bertz CT molecular complexity index is 1040. The number of fused-ring (bicyclic) bond motifs is 1. The summed E-state index contributed by atoms with van der Waals surface area (Å²) in [6, 6.07) is 1.57. The fraction of sp³-hybridized carbons (Fsp3) is 0.235. The first kappa shape index (κ1) is 16.7. The van der Waals surface area contributed by atoms with Gasteiger partial charge in [-0.1, -0.05) is 0 Å². The predicted molar refractivity (Wildman–Crippen MR) is 96.6 cm³/mol. The molecule has 25 heavy (non-hydrogen) atoms. The zero-order valence-electron chi connectivity index (χ0n) is 13.1. The number of rotatable bonds is 3. The quantitative estimate of drug-likeness (QED) is 0.574. The Kier molecular flexibility index (Phi) is 3.92. The summed E-state index contributed by atoms with van der Waals surface area (Å²) in [7, 11) is 0. The molecule has 3 aromatic rings. The van der Waals surface area contributed by atoms with Crippen molar-refractivity contribution >= 4 is 43.4 Å². The van der Waals surface area contributed by atoms with Gasteiger partial charge in [0.15, 0.2) is 5.82 Å². The van der Waals surface area contributed by atoms with Crippen LogP contribution in [0.2, 0.25) is 0 Å². The molecule has 0 unspecified atom stereocenters. The zero-order valence-corrected chi connectivity index (χ0v) is 16.2. The Hall–Kier alpha value is -1.80. The lowest BCUT2D eigenvalue weighted by Crippen LogP contribution is -2.10. The van der Waals surface area contributed by atoms with E-state index in [4.69, 9.17) is 0 Å². The highest BCUT2D eigenvalue weighted by Crippen LogP contribution is 2.43. The van der Waals surface area contributed by atoms with Gasteiger partial charge < -0.3 is 5.11 Å². The van der Waals surface area contributed by atoms with Crippen molar-refractivity contribution in [2.45, 2.75) is 25.7 Å². The molecule has 0 aliphatic heterocycles. The number of nitrogens with zero attached hydrogens (tertiary/aromatic N) is 3. The van der Waals surface area contributed by atoms with Crippen LogP contribution >= 0.6 is 31.9 Å². The molecule has 128 valence electrons. The number of phenols is 1. The maximum absolute atomic E-state index is 13.7. The summed E-state index contributed by atoms with van der Waals surface area (Å²) in [5.41, 5.74) is 2.00. The molecule has 0 spiro atoms. The predicted octanol–water partition coefficient (Wildman–Crippen LogP) is 4.52. The molecular formula is C17H12Br2FN3O2. The van der Waals surface area contributed by atoms with Crippen molar-refractivity contribution in [1.82, 2.24) is 14.4 Å². The number of carbonyl (C=O) groups excluding carboxylic acids is 1. The van der Waals surface area contributed by atoms with Crippen LogP contribution in [0.1, 0.15) is 46.1 Å². The lowest BCUT2D eigenvalue weighted by molar-refractivity contribution is 0.103. The third-order valence-corrected chi connectivity index (χ3v) is 5.91. The first-order chi connectivity index (χ1) is 11.9. The summed E-state index contributed by atoms with van der Waals surface area (Å²) in [4.78, 5) is 21.7. The topological polar surface area (TPSA) is 67.5 Å². The van der Waals surface area contributed by atoms with E-state index in [0.29, 0.717) is 37.2 Å². The first-order valence-corrected chi connectivity index (χ1v) is 9.22. The molecule has 8 heteroatoms. The van der Waals surface area contributed by atoms with Gasteiger partial charge in [-0.25, -0.2) is 14.4 Å². The second kappa shape index (κ2) is 5.88. The molecule has 1 fully saturated rings. The van der Waals surface area contributed by atoms with E-state index in [9.17, 15) is 14.3 Å². The van der Waals surface area contributed by atoms with Crippen LogP contribution in [0, 0.1) is 12.7 Å². The number of ketones is 1. The van der Waals surface area contributed by atoms with Crippen molar-refractivity contribution in [2.24, 2.45) is 0 Å². The molecule has 1 aliphatic rings. The zero-order chi connectivity index (χ0) is 17.9. The second-order valence-corrected chi connectivity index (χ2v) is 7.73. The molecule has 1 aromatic carbocycles. The highest BCUT2D eigenvalue weighted by molar-refractivity contribution is 9.11. The molecule has 0 saturated heterocycles.